The van der Waals surface area contributed by atoms with Crippen LogP contribution in [0, 0.1) is 12.8 Å². The summed E-state index contributed by atoms with van der Waals surface area (Å²) in [5, 5.41) is 0. The van der Waals surface area contributed by atoms with E-state index in [0.717, 1.165) is 61.8 Å². The quantitative estimate of drug-likeness (QED) is 0.654. The molecule has 0 bridgehead atoms. The average molecular weight is 416 g/mol. The summed E-state index contributed by atoms with van der Waals surface area (Å²) >= 11 is 0. The van der Waals surface area contributed by atoms with Crippen LogP contribution < -0.4 is 9.47 Å². The van der Waals surface area contributed by atoms with Gasteiger partial charge in [-0.2, -0.15) is 0 Å². The Balaban J connectivity index is 1.76. The van der Waals surface area contributed by atoms with Crippen molar-refractivity contribution >= 4 is 5.91 Å². The zero-order valence-corrected chi connectivity index (χ0v) is 18.7. The lowest BCUT2D eigenvalue weighted by Gasteiger charge is -2.34. The van der Waals surface area contributed by atoms with Crippen molar-refractivity contribution in [3.05, 3.63) is 29.7 Å². The number of hydrogen-bond donors (Lipinski definition) is 0. The molecular formula is C23H33N3O4. The fourth-order valence-electron chi connectivity index (χ4n) is 4.08. The first-order chi connectivity index (χ1) is 14.5. The molecule has 2 heterocycles. The number of aromatic nitrogens is 1. The maximum atomic E-state index is 12.8. The monoisotopic (exact) mass is 415 g/mol. The molecule has 30 heavy (non-hydrogen) atoms. The molecule has 0 saturated carbocycles. The molecule has 1 aliphatic rings. The molecule has 1 saturated heterocycles. The molecular weight excluding hydrogens is 382 g/mol. The number of ether oxygens (including phenoxy) is 2. The van der Waals surface area contributed by atoms with E-state index >= 15 is 0 Å². The summed E-state index contributed by atoms with van der Waals surface area (Å²) in [5.41, 5.74) is 1.66. The number of oxazole rings is 1. The van der Waals surface area contributed by atoms with Crippen molar-refractivity contribution in [2.75, 3.05) is 40.4 Å². The van der Waals surface area contributed by atoms with Crippen molar-refractivity contribution in [3.8, 4) is 23.0 Å². The van der Waals surface area contributed by atoms with Gasteiger partial charge in [-0.3, -0.25) is 9.69 Å². The van der Waals surface area contributed by atoms with Crippen molar-refractivity contribution in [3.63, 3.8) is 0 Å². The van der Waals surface area contributed by atoms with E-state index in [9.17, 15) is 4.79 Å². The third-order valence-electron chi connectivity index (χ3n) is 5.83. The Morgan fingerprint density at radius 1 is 1.27 bits per heavy atom. The summed E-state index contributed by atoms with van der Waals surface area (Å²) in [6.07, 6.45) is 1.97. The highest BCUT2D eigenvalue weighted by Gasteiger charge is 2.29. The summed E-state index contributed by atoms with van der Waals surface area (Å²) in [7, 11) is 3.26. The number of carbonyl (C=O) groups is 1. The summed E-state index contributed by atoms with van der Waals surface area (Å²) < 4.78 is 16.8. The molecule has 0 spiro atoms. The number of carbonyl (C=O) groups excluding carboxylic acids is 1. The molecule has 3 rings (SSSR count). The van der Waals surface area contributed by atoms with Crippen LogP contribution in [0.1, 0.15) is 38.1 Å². The molecule has 7 nitrogen and oxygen atoms in total. The number of nitrogens with zero attached hydrogens (tertiary/aromatic N) is 3. The maximum absolute atomic E-state index is 12.8. The van der Waals surface area contributed by atoms with Crippen LogP contribution in [0.15, 0.2) is 22.6 Å². The van der Waals surface area contributed by atoms with E-state index in [-0.39, 0.29) is 11.8 Å². The lowest BCUT2D eigenvalue weighted by atomic mass is 9.96. The largest absolute Gasteiger partial charge is 0.497 e. The summed E-state index contributed by atoms with van der Waals surface area (Å²) in [6, 6.07) is 5.56. The summed E-state index contributed by atoms with van der Waals surface area (Å²) in [5.74, 6) is 3.04. The van der Waals surface area contributed by atoms with Crippen LogP contribution in [-0.4, -0.2) is 61.1 Å². The van der Waals surface area contributed by atoms with Gasteiger partial charge in [-0.15, -0.1) is 0 Å². The lowest BCUT2D eigenvalue weighted by molar-refractivity contribution is -0.137. The minimum atomic E-state index is 0.0591. The van der Waals surface area contributed by atoms with Gasteiger partial charge in [0.1, 0.15) is 17.3 Å². The normalized spacial score (nSPS) is 17.0. The highest BCUT2D eigenvalue weighted by atomic mass is 16.5. The van der Waals surface area contributed by atoms with Gasteiger partial charge < -0.3 is 18.8 Å². The van der Waals surface area contributed by atoms with Gasteiger partial charge in [0.15, 0.2) is 0 Å². The molecule has 0 unspecified atom stereocenters. The topological polar surface area (TPSA) is 68.0 Å². The standard InChI is InChI=1S/C23H33N3O4/c1-6-26(7-2)23(27)17-9-8-12-25(14-17)15-20-16(3)30-22(24-20)19-13-18(28-4)10-11-21(19)29-5/h10-11,13,17H,6-9,12,14-15H2,1-5H3/t17-/m1/s1. The van der Waals surface area contributed by atoms with E-state index in [1.807, 2.05) is 43.9 Å². The Kier molecular flexibility index (Phi) is 7.37. The number of methoxy groups -OCH3 is 2. The second kappa shape index (κ2) is 9.98. The van der Waals surface area contributed by atoms with Crippen molar-refractivity contribution < 1.29 is 18.7 Å². The second-order valence-electron chi connectivity index (χ2n) is 7.67. The van der Waals surface area contributed by atoms with Gasteiger partial charge in [-0.25, -0.2) is 4.98 Å². The van der Waals surface area contributed by atoms with Crippen LogP contribution >= 0.6 is 0 Å². The fourth-order valence-corrected chi connectivity index (χ4v) is 4.08. The predicted octanol–water partition coefficient (Wildman–Crippen LogP) is 3.75. The molecule has 1 atom stereocenters. The third kappa shape index (κ3) is 4.78. The van der Waals surface area contributed by atoms with E-state index in [2.05, 4.69) is 4.90 Å². The van der Waals surface area contributed by atoms with Crippen molar-refractivity contribution in [2.24, 2.45) is 5.92 Å². The van der Waals surface area contributed by atoms with Gasteiger partial charge in [0.25, 0.3) is 0 Å². The first kappa shape index (κ1) is 22.2. The average Bonchev–Trinajstić information content (AvgIpc) is 3.14. The number of benzene rings is 1. The van der Waals surface area contributed by atoms with E-state index in [0.29, 0.717) is 18.2 Å². The molecule has 7 heteroatoms. The number of aryl methyl sites for hydroxylation is 1. The Labute approximate surface area is 179 Å². The Hall–Kier alpha value is -2.54. The maximum Gasteiger partial charge on any atom is 0.230 e. The molecule has 164 valence electrons. The molecule has 0 N–H and O–H groups in total. The van der Waals surface area contributed by atoms with Crippen LogP contribution in [-0.2, 0) is 11.3 Å². The van der Waals surface area contributed by atoms with Crippen LogP contribution in [0.25, 0.3) is 11.5 Å². The first-order valence-electron chi connectivity index (χ1n) is 10.7. The molecule has 1 amide bonds. The van der Waals surface area contributed by atoms with Crippen LogP contribution in [0.5, 0.6) is 11.5 Å². The summed E-state index contributed by atoms with van der Waals surface area (Å²) in [4.78, 5) is 21.8. The van der Waals surface area contributed by atoms with Gasteiger partial charge >= 0.3 is 0 Å². The number of likely N-dealkylation sites (tertiary alicyclic amines) is 1. The zero-order chi connectivity index (χ0) is 21.7. The second-order valence-corrected chi connectivity index (χ2v) is 7.67. The van der Waals surface area contributed by atoms with Gasteiger partial charge in [-0.05, 0) is 58.4 Å². The SMILES string of the molecule is CCN(CC)C(=O)[C@@H]1CCCN(Cc2nc(-c3cc(OC)ccc3OC)oc2C)C1. The Morgan fingerprint density at radius 3 is 2.70 bits per heavy atom. The number of rotatable bonds is 8. The minimum Gasteiger partial charge on any atom is -0.497 e. The zero-order valence-electron chi connectivity index (χ0n) is 18.7. The van der Waals surface area contributed by atoms with Gasteiger partial charge in [0.05, 0.1) is 31.4 Å². The first-order valence-corrected chi connectivity index (χ1v) is 10.7. The number of hydrogen-bond acceptors (Lipinski definition) is 6. The van der Waals surface area contributed by atoms with Crippen LogP contribution in [0.3, 0.4) is 0 Å². The molecule has 1 aliphatic heterocycles. The van der Waals surface area contributed by atoms with E-state index in [1.165, 1.54) is 0 Å². The molecule has 2 aromatic rings. The van der Waals surface area contributed by atoms with Gasteiger partial charge in [0, 0.05) is 26.2 Å². The fraction of sp³-hybridized carbons (Fsp3) is 0.565. The minimum absolute atomic E-state index is 0.0591. The van der Waals surface area contributed by atoms with Crippen molar-refractivity contribution in [1.29, 1.82) is 0 Å². The van der Waals surface area contributed by atoms with Crippen LogP contribution in [0.2, 0.25) is 0 Å². The Morgan fingerprint density at radius 2 is 2.03 bits per heavy atom. The smallest absolute Gasteiger partial charge is 0.230 e. The molecule has 1 fully saturated rings. The van der Waals surface area contributed by atoms with Crippen molar-refractivity contribution in [2.45, 2.75) is 40.2 Å². The van der Waals surface area contributed by atoms with Gasteiger partial charge in [0.2, 0.25) is 11.8 Å². The highest BCUT2D eigenvalue weighted by Crippen LogP contribution is 2.34. The molecule has 1 aromatic heterocycles. The van der Waals surface area contributed by atoms with Gasteiger partial charge in [-0.1, -0.05) is 0 Å². The predicted molar refractivity (Wildman–Crippen MR) is 116 cm³/mol. The van der Waals surface area contributed by atoms with Crippen LogP contribution in [0.4, 0.5) is 0 Å². The highest BCUT2D eigenvalue weighted by molar-refractivity contribution is 5.79. The van der Waals surface area contributed by atoms with E-state index < -0.39 is 0 Å². The lowest BCUT2D eigenvalue weighted by Crippen LogP contribution is -2.44. The number of piperidine rings is 1. The number of amides is 1. The molecule has 0 aliphatic carbocycles. The Bertz CT molecular complexity index is 860. The van der Waals surface area contributed by atoms with Crippen molar-refractivity contribution in [1.82, 2.24) is 14.8 Å². The summed E-state index contributed by atoms with van der Waals surface area (Å²) in [6.45, 7) is 9.93. The third-order valence-corrected chi connectivity index (χ3v) is 5.83. The van der Waals surface area contributed by atoms with E-state index in [4.69, 9.17) is 18.9 Å². The van der Waals surface area contributed by atoms with E-state index in [1.54, 1.807) is 14.2 Å². The molecule has 1 aromatic carbocycles. The molecule has 0 radical (unpaired) electrons.